The summed E-state index contributed by atoms with van der Waals surface area (Å²) in [6, 6.07) is 54.2. The molecular formula is C40H25NOS. The van der Waals surface area contributed by atoms with Crippen LogP contribution in [0.25, 0.3) is 64.0 Å². The van der Waals surface area contributed by atoms with E-state index in [2.05, 4.69) is 150 Å². The molecule has 0 saturated carbocycles. The number of nitrogens with zero attached hydrogens (tertiary/aromatic N) is 1. The van der Waals surface area contributed by atoms with Gasteiger partial charge in [0.1, 0.15) is 11.2 Å². The quantitative estimate of drug-likeness (QED) is 0.210. The zero-order chi connectivity index (χ0) is 28.3. The summed E-state index contributed by atoms with van der Waals surface area (Å²) in [6.45, 7) is 0. The van der Waals surface area contributed by atoms with E-state index in [4.69, 9.17) is 4.42 Å². The molecule has 9 aromatic rings. The number of para-hydroxylation sites is 2. The highest BCUT2D eigenvalue weighted by Crippen LogP contribution is 2.49. The molecule has 0 fully saturated rings. The second kappa shape index (κ2) is 9.59. The lowest BCUT2D eigenvalue weighted by Gasteiger charge is -2.29. The smallest absolute Gasteiger partial charge is 0.137 e. The SMILES string of the molecule is c1ccc(N(c2cccc3ccccc23)c2cccc3oc4ccccc4c23)c(-c2cccc3c2sc2ccccc23)c1. The van der Waals surface area contributed by atoms with Gasteiger partial charge < -0.3 is 9.32 Å². The van der Waals surface area contributed by atoms with E-state index in [-0.39, 0.29) is 0 Å². The number of rotatable bonds is 4. The van der Waals surface area contributed by atoms with Crippen LogP contribution >= 0.6 is 11.3 Å². The Hall–Kier alpha value is -5.38. The molecule has 9 rings (SSSR count). The first-order chi connectivity index (χ1) is 21.3. The van der Waals surface area contributed by atoms with Gasteiger partial charge in [-0.1, -0.05) is 115 Å². The van der Waals surface area contributed by atoms with E-state index in [1.54, 1.807) is 0 Å². The van der Waals surface area contributed by atoms with Crippen molar-refractivity contribution in [3.8, 4) is 11.1 Å². The summed E-state index contributed by atoms with van der Waals surface area (Å²) in [5, 5.41) is 7.24. The standard InChI is InChI=1S/C40H25NOS/c1-2-14-27-26(12-1)13-9-21-33(27)41(35-22-11-24-37-39(35)32-17-4-7-23-36(32)42-37)34-20-6-3-15-28(34)30-18-10-19-31-29-16-5-8-25-38(29)43-40(30)31/h1-25H. The van der Waals surface area contributed by atoms with Crippen molar-refractivity contribution in [2.24, 2.45) is 0 Å². The van der Waals surface area contributed by atoms with E-state index >= 15 is 0 Å². The number of hydrogen-bond acceptors (Lipinski definition) is 3. The Morgan fingerprint density at radius 3 is 1.98 bits per heavy atom. The van der Waals surface area contributed by atoms with Crippen LogP contribution in [0.1, 0.15) is 0 Å². The van der Waals surface area contributed by atoms with Gasteiger partial charge in [-0.05, 0) is 41.8 Å². The Balaban J connectivity index is 1.40. The highest BCUT2D eigenvalue weighted by Gasteiger charge is 2.24. The molecule has 0 saturated heterocycles. The minimum Gasteiger partial charge on any atom is -0.456 e. The fourth-order valence-corrected chi connectivity index (χ4v) is 7.82. The van der Waals surface area contributed by atoms with Crippen molar-refractivity contribution in [1.82, 2.24) is 0 Å². The van der Waals surface area contributed by atoms with Gasteiger partial charge in [0.25, 0.3) is 0 Å². The molecule has 0 aliphatic heterocycles. The number of hydrogen-bond donors (Lipinski definition) is 0. The first-order valence-corrected chi connectivity index (χ1v) is 15.3. The highest BCUT2D eigenvalue weighted by molar-refractivity contribution is 7.26. The molecule has 202 valence electrons. The lowest BCUT2D eigenvalue weighted by molar-refractivity contribution is 0.669. The van der Waals surface area contributed by atoms with Crippen molar-refractivity contribution >= 4 is 81.3 Å². The lowest BCUT2D eigenvalue weighted by Crippen LogP contribution is -2.12. The van der Waals surface area contributed by atoms with E-state index in [0.29, 0.717) is 0 Å². The van der Waals surface area contributed by atoms with Gasteiger partial charge in [0, 0.05) is 42.1 Å². The van der Waals surface area contributed by atoms with E-state index in [9.17, 15) is 0 Å². The normalized spacial score (nSPS) is 11.7. The molecule has 43 heavy (non-hydrogen) atoms. The summed E-state index contributed by atoms with van der Waals surface area (Å²) in [5.74, 6) is 0. The summed E-state index contributed by atoms with van der Waals surface area (Å²) in [4.78, 5) is 2.44. The second-order valence-electron chi connectivity index (χ2n) is 10.9. The van der Waals surface area contributed by atoms with E-state index in [1.807, 2.05) is 17.4 Å². The van der Waals surface area contributed by atoms with Gasteiger partial charge in [0.2, 0.25) is 0 Å². The molecule has 7 aromatic carbocycles. The van der Waals surface area contributed by atoms with E-state index < -0.39 is 0 Å². The van der Waals surface area contributed by atoms with Crippen LogP contribution in [0, 0.1) is 0 Å². The third-order valence-corrected chi connectivity index (χ3v) is 9.69. The molecule has 0 aliphatic rings. The zero-order valence-corrected chi connectivity index (χ0v) is 24.0. The molecule has 2 aromatic heterocycles. The topological polar surface area (TPSA) is 16.4 Å². The summed E-state index contributed by atoms with van der Waals surface area (Å²) >= 11 is 1.87. The average molecular weight is 568 g/mol. The lowest BCUT2D eigenvalue weighted by atomic mass is 9.98. The monoisotopic (exact) mass is 567 g/mol. The molecule has 0 unspecified atom stereocenters. The summed E-state index contributed by atoms with van der Waals surface area (Å²) < 4.78 is 9.00. The van der Waals surface area contributed by atoms with Gasteiger partial charge in [-0.15, -0.1) is 11.3 Å². The molecule has 2 heterocycles. The van der Waals surface area contributed by atoms with Gasteiger partial charge in [0.05, 0.1) is 22.4 Å². The van der Waals surface area contributed by atoms with Crippen molar-refractivity contribution < 1.29 is 4.42 Å². The summed E-state index contributed by atoms with van der Waals surface area (Å²) in [5.41, 5.74) is 7.56. The van der Waals surface area contributed by atoms with Crippen molar-refractivity contribution in [3.63, 3.8) is 0 Å². The maximum atomic E-state index is 6.38. The highest BCUT2D eigenvalue weighted by atomic mass is 32.1. The van der Waals surface area contributed by atoms with Gasteiger partial charge in [-0.3, -0.25) is 0 Å². The Labute approximate surface area is 252 Å². The number of thiophene rings is 1. The minimum absolute atomic E-state index is 0.882. The van der Waals surface area contributed by atoms with Crippen molar-refractivity contribution in [2.75, 3.05) is 4.90 Å². The van der Waals surface area contributed by atoms with Crippen molar-refractivity contribution in [1.29, 1.82) is 0 Å². The Morgan fingerprint density at radius 2 is 1.02 bits per heavy atom. The van der Waals surface area contributed by atoms with Gasteiger partial charge in [-0.2, -0.15) is 0 Å². The fraction of sp³-hybridized carbons (Fsp3) is 0. The van der Waals surface area contributed by atoms with Gasteiger partial charge >= 0.3 is 0 Å². The number of benzene rings is 7. The summed E-state index contributed by atoms with van der Waals surface area (Å²) in [7, 11) is 0. The number of anilines is 3. The third-order valence-electron chi connectivity index (χ3n) is 8.47. The van der Waals surface area contributed by atoms with Crippen LogP contribution < -0.4 is 4.90 Å². The van der Waals surface area contributed by atoms with Crippen LogP contribution in [0.3, 0.4) is 0 Å². The molecule has 2 nitrogen and oxygen atoms in total. The van der Waals surface area contributed by atoms with Crippen LogP contribution in [0.15, 0.2) is 156 Å². The van der Waals surface area contributed by atoms with Crippen molar-refractivity contribution in [3.05, 3.63) is 152 Å². The maximum absolute atomic E-state index is 6.38. The van der Waals surface area contributed by atoms with Crippen LogP contribution in [0.4, 0.5) is 17.1 Å². The maximum Gasteiger partial charge on any atom is 0.137 e. The predicted octanol–water partition coefficient (Wildman–Crippen LogP) is 12.2. The van der Waals surface area contributed by atoms with Crippen LogP contribution in [-0.4, -0.2) is 0 Å². The molecule has 0 atom stereocenters. The Morgan fingerprint density at radius 1 is 0.419 bits per heavy atom. The van der Waals surface area contributed by atoms with Crippen molar-refractivity contribution in [2.45, 2.75) is 0 Å². The fourth-order valence-electron chi connectivity index (χ4n) is 6.59. The van der Waals surface area contributed by atoms with Crippen LogP contribution in [0.2, 0.25) is 0 Å². The molecule has 0 N–H and O–H groups in total. The minimum atomic E-state index is 0.882. The van der Waals surface area contributed by atoms with Crippen LogP contribution in [-0.2, 0) is 0 Å². The number of furan rings is 1. The second-order valence-corrected chi connectivity index (χ2v) is 11.9. The largest absolute Gasteiger partial charge is 0.456 e. The molecular weight excluding hydrogens is 543 g/mol. The Bertz CT molecular complexity index is 2480. The van der Waals surface area contributed by atoms with Gasteiger partial charge in [-0.25, -0.2) is 0 Å². The predicted molar refractivity (Wildman–Crippen MR) is 184 cm³/mol. The third kappa shape index (κ3) is 3.72. The zero-order valence-electron chi connectivity index (χ0n) is 23.2. The molecule has 0 radical (unpaired) electrons. The molecule has 0 spiro atoms. The molecule has 0 bridgehead atoms. The first kappa shape index (κ1) is 24.2. The molecule has 0 aliphatic carbocycles. The van der Waals surface area contributed by atoms with Gasteiger partial charge in [0.15, 0.2) is 0 Å². The average Bonchev–Trinajstić information content (AvgIpc) is 3.64. The first-order valence-electron chi connectivity index (χ1n) is 14.5. The van der Waals surface area contributed by atoms with E-state index in [0.717, 1.165) is 39.0 Å². The summed E-state index contributed by atoms with van der Waals surface area (Å²) in [6.07, 6.45) is 0. The molecule has 3 heteroatoms. The number of fused-ring (bicyclic) bond motifs is 7. The molecule has 0 amide bonds. The Kier molecular flexibility index (Phi) is 5.40. The van der Waals surface area contributed by atoms with Crippen LogP contribution in [0.5, 0.6) is 0 Å². The van der Waals surface area contributed by atoms with E-state index in [1.165, 1.54) is 42.1 Å².